The maximum absolute atomic E-state index is 12.1. The molecular weight excluding hydrogens is 300 g/mol. The van der Waals surface area contributed by atoms with Crippen LogP contribution in [0.2, 0.25) is 0 Å². The Balaban J connectivity index is 1.55. The Morgan fingerprint density at radius 2 is 1.88 bits per heavy atom. The smallest absolute Gasteiger partial charge is 0.251 e. The van der Waals surface area contributed by atoms with Gasteiger partial charge in [0, 0.05) is 24.4 Å². The molecule has 24 heavy (non-hydrogen) atoms. The second-order valence-corrected chi connectivity index (χ2v) is 5.89. The predicted octanol–water partition coefficient (Wildman–Crippen LogP) is 3.35. The van der Waals surface area contributed by atoms with E-state index in [9.17, 15) is 4.79 Å². The number of ether oxygens (including phenoxy) is 1. The second-order valence-electron chi connectivity index (χ2n) is 5.89. The van der Waals surface area contributed by atoms with Crippen molar-refractivity contribution in [3.05, 3.63) is 65.2 Å². The lowest BCUT2D eigenvalue weighted by Gasteiger charge is -2.09. The van der Waals surface area contributed by atoms with Crippen LogP contribution < -0.4 is 11.1 Å². The second kappa shape index (κ2) is 9.73. The first-order valence-corrected chi connectivity index (χ1v) is 8.43. The van der Waals surface area contributed by atoms with Gasteiger partial charge in [-0.05, 0) is 49.4 Å². The standard InChI is InChI=1S/C20H26N2O2/c1-16-9-10-18(21)15-19(16)20(23)22-12-5-6-13-24-14-11-17-7-3-2-4-8-17/h2-4,7-10,15H,5-6,11-14,21H2,1H3,(H,22,23). The normalized spacial score (nSPS) is 10.5. The minimum Gasteiger partial charge on any atom is -0.399 e. The maximum atomic E-state index is 12.1. The molecule has 0 aromatic heterocycles. The SMILES string of the molecule is Cc1ccc(N)cc1C(=O)NCCCCOCCc1ccccc1. The minimum absolute atomic E-state index is 0.0650. The highest BCUT2D eigenvalue weighted by molar-refractivity contribution is 5.96. The number of amides is 1. The number of anilines is 1. The van der Waals surface area contributed by atoms with Crippen molar-refractivity contribution in [1.29, 1.82) is 0 Å². The van der Waals surface area contributed by atoms with Crippen molar-refractivity contribution in [3.63, 3.8) is 0 Å². The lowest BCUT2D eigenvalue weighted by atomic mass is 10.1. The lowest BCUT2D eigenvalue weighted by Crippen LogP contribution is -2.25. The van der Waals surface area contributed by atoms with E-state index in [2.05, 4.69) is 17.4 Å². The monoisotopic (exact) mass is 326 g/mol. The molecule has 2 aromatic carbocycles. The fourth-order valence-electron chi connectivity index (χ4n) is 2.45. The highest BCUT2D eigenvalue weighted by Gasteiger charge is 2.08. The summed E-state index contributed by atoms with van der Waals surface area (Å²) in [6.07, 6.45) is 2.77. The number of nitrogens with one attached hydrogen (secondary N) is 1. The molecule has 0 unspecified atom stereocenters. The number of nitrogen functional groups attached to an aromatic ring is 1. The van der Waals surface area contributed by atoms with E-state index in [1.165, 1.54) is 5.56 Å². The van der Waals surface area contributed by atoms with E-state index in [1.807, 2.05) is 31.2 Å². The molecule has 4 nitrogen and oxygen atoms in total. The highest BCUT2D eigenvalue weighted by atomic mass is 16.5. The molecule has 4 heteroatoms. The third-order valence-corrected chi connectivity index (χ3v) is 3.89. The third kappa shape index (κ3) is 6.05. The Labute approximate surface area is 144 Å². The van der Waals surface area contributed by atoms with Gasteiger partial charge >= 0.3 is 0 Å². The van der Waals surface area contributed by atoms with Gasteiger partial charge in [0.1, 0.15) is 0 Å². The van der Waals surface area contributed by atoms with E-state index in [4.69, 9.17) is 10.5 Å². The van der Waals surface area contributed by atoms with Gasteiger partial charge < -0.3 is 15.8 Å². The Bertz CT molecular complexity index is 641. The Morgan fingerprint density at radius 3 is 2.67 bits per heavy atom. The predicted molar refractivity (Wildman–Crippen MR) is 98.1 cm³/mol. The molecule has 2 aromatic rings. The number of rotatable bonds is 9. The van der Waals surface area contributed by atoms with Gasteiger partial charge in [-0.1, -0.05) is 36.4 Å². The molecule has 2 rings (SSSR count). The Morgan fingerprint density at radius 1 is 1.08 bits per heavy atom. The van der Waals surface area contributed by atoms with Crippen molar-refractivity contribution in [3.8, 4) is 0 Å². The van der Waals surface area contributed by atoms with Crippen LogP contribution in [0.15, 0.2) is 48.5 Å². The summed E-state index contributed by atoms with van der Waals surface area (Å²) in [6.45, 7) is 4.02. The van der Waals surface area contributed by atoms with Crippen LogP contribution >= 0.6 is 0 Å². The van der Waals surface area contributed by atoms with Gasteiger partial charge in [0.05, 0.1) is 6.61 Å². The Hall–Kier alpha value is -2.33. The van der Waals surface area contributed by atoms with Gasteiger partial charge in [-0.15, -0.1) is 0 Å². The number of hydrogen-bond acceptors (Lipinski definition) is 3. The summed E-state index contributed by atoms with van der Waals surface area (Å²) in [7, 11) is 0. The van der Waals surface area contributed by atoms with Crippen LogP contribution in [-0.4, -0.2) is 25.7 Å². The quantitative estimate of drug-likeness (QED) is 0.549. The van der Waals surface area contributed by atoms with Gasteiger partial charge in [-0.3, -0.25) is 4.79 Å². The maximum Gasteiger partial charge on any atom is 0.251 e. The summed E-state index contributed by atoms with van der Waals surface area (Å²) in [5.74, 6) is -0.0650. The van der Waals surface area contributed by atoms with Crippen molar-refractivity contribution < 1.29 is 9.53 Å². The molecule has 0 aliphatic heterocycles. The molecule has 0 radical (unpaired) electrons. The number of aryl methyl sites for hydroxylation is 1. The van der Waals surface area contributed by atoms with Crippen LogP contribution in [-0.2, 0) is 11.2 Å². The summed E-state index contributed by atoms with van der Waals surface area (Å²) >= 11 is 0. The van der Waals surface area contributed by atoms with E-state index in [-0.39, 0.29) is 5.91 Å². The fourth-order valence-corrected chi connectivity index (χ4v) is 2.45. The number of benzene rings is 2. The summed E-state index contributed by atoms with van der Waals surface area (Å²) in [6, 6.07) is 15.7. The first-order chi connectivity index (χ1) is 11.7. The summed E-state index contributed by atoms with van der Waals surface area (Å²) in [5, 5.41) is 2.93. The fraction of sp³-hybridized carbons (Fsp3) is 0.350. The van der Waals surface area contributed by atoms with Crippen molar-refractivity contribution >= 4 is 11.6 Å². The molecule has 0 spiro atoms. The molecule has 0 aliphatic rings. The van der Waals surface area contributed by atoms with Crippen LogP contribution in [0, 0.1) is 6.92 Å². The number of carbonyl (C=O) groups is 1. The molecule has 3 N–H and O–H groups in total. The van der Waals surface area contributed by atoms with Gasteiger partial charge in [0.2, 0.25) is 0 Å². The number of hydrogen-bond donors (Lipinski definition) is 2. The van der Waals surface area contributed by atoms with E-state index in [1.54, 1.807) is 12.1 Å². The molecule has 0 atom stereocenters. The van der Waals surface area contributed by atoms with Gasteiger partial charge in [0.25, 0.3) is 5.91 Å². The van der Waals surface area contributed by atoms with Gasteiger partial charge in [-0.25, -0.2) is 0 Å². The molecular formula is C20H26N2O2. The summed E-state index contributed by atoms with van der Waals surface area (Å²) < 4.78 is 5.63. The van der Waals surface area contributed by atoms with E-state index < -0.39 is 0 Å². The number of unbranched alkanes of at least 4 members (excludes halogenated alkanes) is 1. The molecule has 0 heterocycles. The van der Waals surface area contributed by atoms with Crippen molar-refractivity contribution in [2.45, 2.75) is 26.2 Å². The number of nitrogens with two attached hydrogens (primary N) is 1. The zero-order valence-corrected chi connectivity index (χ0v) is 14.3. The lowest BCUT2D eigenvalue weighted by molar-refractivity contribution is 0.0948. The van der Waals surface area contributed by atoms with Crippen LogP contribution in [0.5, 0.6) is 0 Å². The van der Waals surface area contributed by atoms with Crippen molar-refractivity contribution in [2.24, 2.45) is 0 Å². The molecule has 0 aliphatic carbocycles. The minimum atomic E-state index is -0.0650. The zero-order chi connectivity index (χ0) is 17.2. The third-order valence-electron chi connectivity index (χ3n) is 3.89. The van der Waals surface area contributed by atoms with Crippen LogP contribution in [0.1, 0.15) is 34.3 Å². The van der Waals surface area contributed by atoms with Crippen LogP contribution in [0.25, 0.3) is 0 Å². The summed E-state index contributed by atoms with van der Waals surface area (Å²) in [4.78, 5) is 12.1. The van der Waals surface area contributed by atoms with Gasteiger partial charge in [0.15, 0.2) is 0 Å². The molecule has 0 saturated heterocycles. The molecule has 128 valence electrons. The molecule has 0 saturated carbocycles. The largest absolute Gasteiger partial charge is 0.399 e. The first-order valence-electron chi connectivity index (χ1n) is 8.43. The summed E-state index contributed by atoms with van der Waals surface area (Å²) in [5.41, 5.74) is 9.22. The average Bonchev–Trinajstić information content (AvgIpc) is 2.60. The number of carbonyl (C=O) groups excluding carboxylic acids is 1. The first kappa shape index (κ1) is 18.0. The average molecular weight is 326 g/mol. The van der Waals surface area contributed by atoms with Gasteiger partial charge in [-0.2, -0.15) is 0 Å². The van der Waals surface area contributed by atoms with Crippen molar-refractivity contribution in [1.82, 2.24) is 5.32 Å². The van der Waals surface area contributed by atoms with Crippen LogP contribution in [0.3, 0.4) is 0 Å². The van der Waals surface area contributed by atoms with E-state index >= 15 is 0 Å². The molecule has 1 amide bonds. The van der Waals surface area contributed by atoms with E-state index in [0.29, 0.717) is 17.8 Å². The topological polar surface area (TPSA) is 64.4 Å². The zero-order valence-electron chi connectivity index (χ0n) is 14.3. The van der Waals surface area contributed by atoms with Crippen LogP contribution in [0.4, 0.5) is 5.69 Å². The Kier molecular flexibility index (Phi) is 7.30. The van der Waals surface area contributed by atoms with Crippen molar-refractivity contribution in [2.75, 3.05) is 25.5 Å². The molecule has 0 bridgehead atoms. The molecule has 0 fully saturated rings. The van der Waals surface area contributed by atoms with E-state index in [0.717, 1.165) is 38.0 Å². The highest BCUT2D eigenvalue weighted by Crippen LogP contribution is 2.12.